The molecule has 2 heterocycles. The highest BCUT2D eigenvalue weighted by Crippen LogP contribution is 2.44. The van der Waals surface area contributed by atoms with E-state index in [9.17, 15) is 0 Å². The minimum Gasteiger partial charge on any atom is -0.497 e. The van der Waals surface area contributed by atoms with Gasteiger partial charge in [0, 0.05) is 16.6 Å². The van der Waals surface area contributed by atoms with Gasteiger partial charge in [-0.05, 0) is 75.3 Å². The van der Waals surface area contributed by atoms with Gasteiger partial charge in [0.1, 0.15) is 5.75 Å². The zero-order chi connectivity index (χ0) is 16.8. The van der Waals surface area contributed by atoms with Crippen LogP contribution in [0, 0.1) is 11.8 Å². The van der Waals surface area contributed by atoms with Crippen LogP contribution in [-0.2, 0) is 6.42 Å². The molecule has 3 atom stereocenters. The lowest BCUT2D eigenvalue weighted by Gasteiger charge is -2.39. The Morgan fingerprint density at radius 3 is 2.71 bits per heavy atom. The molecule has 2 aromatic rings. The average molecular weight is 324 g/mol. The van der Waals surface area contributed by atoms with Crippen molar-refractivity contribution in [2.24, 2.45) is 11.8 Å². The molecule has 1 aromatic heterocycles. The first kappa shape index (κ1) is 15.8. The summed E-state index contributed by atoms with van der Waals surface area (Å²) in [5, 5.41) is 5.15. The fraction of sp³-hybridized carbons (Fsp3) is 0.524. The Balaban J connectivity index is 1.76. The molecule has 0 fully saturated rings. The quantitative estimate of drug-likeness (QED) is 0.783. The van der Waals surface area contributed by atoms with Crippen LogP contribution in [0.5, 0.6) is 5.75 Å². The van der Waals surface area contributed by atoms with Crippen molar-refractivity contribution in [3.05, 3.63) is 40.6 Å². The highest BCUT2D eigenvalue weighted by Gasteiger charge is 2.35. The molecule has 3 heteroatoms. The van der Waals surface area contributed by atoms with Gasteiger partial charge in [0.2, 0.25) is 0 Å². The smallest absolute Gasteiger partial charge is 0.119 e. The standard InChI is InChI=1S/C21H28N2O/c1-12-9-14(3)17(10-13(12)2)20-21-16(7-8-22-20)18-11-15(24-4)5-6-19(18)23-21/h5-6,11,14,17,20,22-23H,7-10H2,1-4H3/t14-,17+,20-/m0/s1. The highest BCUT2D eigenvalue weighted by molar-refractivity contribution is 5.86. The third kappa shape index (κ3) is 2.46. The lowest BCUT2D eigenvalue weighted by atomic mass is 9.72. The zero-order valence-electron chi connectivity index (χ0n) is 15.2. The summed E-state index contributed by atoms with van der Waals surface area (Å²) >= 11 is 0. The monoisotopic (exact) mass is 324 g/mol. The summed E-state index contributed by atoms with van der Waals surface area (Å²) in [6, 6.07) is 6.83. The second-order valence-electron chi connectivity index (χ2n) is 7.72. The van der Waals surface area contributed by atoms with Crippen LogP contribution in [-0.4, -0.2) is 18.6 Å². The molecule has 128 valence electrons. The maximum absolute atomic E-state index is 5.43. The minimum atomic E-state index is 0.435. The number of H-pyrrole nitrogens is 1. The Bertz CT molecular complexity index is 802. The number of methoxy groups -OCH3 is 1. The van der Waals surface area contributed by atoms with E-state index in [0.717, 1.165) is 24.6 Å². The topological polar surface area (TPSA) is 37.0 Å². The number of ether oxygens (including phenoxy) is 1. The Kier molecular flexibility index (Phi) is 3.92. The molecule has 0 saturated heterocycles. The Morgan fingerprint density at radius 2 is 1.92 bits per heavy atom. The van der Waals surface area contributed by atoms with E-state index in [1.54, 1.807) is 18.3 Å². The van der Waals surface area contributed by atoms with Crippen molar-refractivity contribution in [1.29, 1.82) is 0 Å². The number of fused-ring (bicyclic) bond motifs is 3. The number of rotatable bonds is 2. The summed E-state index contributed by atoms with van der Waals surface area (Å²) in [5.74, 6) is 2.33. The molecule has 24 heavy (non-hydrogen) atoms. The Hall–Kier alpha value is -1.74. The zero-order valence-corrected chi connectivity index (χ0v) is 15.2. The predicted octanol–water partition coefficient (Wildman–Crippen LogP) is 4.75. The van der Waals surface area contributed by atoms with E-state index in [0.29, 0.717) is 12.0 Å². The third-order valence-electron chi connectivity index (χ3n) is 6.25. The number of benzene rings is 1. The summed E-state index contributed by atoms with van der Waals surface area (Å²) in [7, 11) is 1.74. The molecular formula is C21H28N2O. The Labute approximate surface area is 144 Å². The van der Waals surface area contributed by atoms with Crippen LogP contribution in [0.1, 0.15) is 50.9 Å². The van der Waals surface area contributed by atoms with Gasteiger partial charge in [0.15, 0.2) is 0 Å². The van der Waals surface area contributed by atoms with Gasteiger partial charge in [-0.25, -0.2) is 0 Å². The molecule has 2 N–H and O–H groups in total. The van der Waals surface area contributed by atoms with Crippen LogP contribution in [0.4, 0.5) is 0 Å². The number of aromatic amines is 1. The van der Waals surface area contributed by atoms with Crippen molar-refractivity contribution in [2.75, 3.05) is 13.7 Å². The number of aromatic nitrogens is 1. The minimum absolute atomic E-state index is 0.435. The first-order valence-corrected chi connectivity index (χ1v) is 9.15. The molecule has 0 amide bonds. The van der Waals surface area contributed by atoms with Gasteiger partial charge in [-0.3, -0.25) is 0 Å². The summed E-state index contributed by atoms with van der Waals surface area (Å²) in [6.07, 6.45) is 3.54. The maximum Gasteiger partial charge on any atom is 0.119 e. The normalized spacial score (nSPS) is 27.4. The SMILES string of the molecule is COc1ccc2[nH]c3c(c2c1)CCN[C@H]3[C@@H]1CC(C)=C(C)C[C@@H]1C. The highest BCUT2D eigenvalue weighted by atomic mass is 16.5. The van der Waals surface area contributed by atoms with Gasteiger partial charge < -0.3 is 15.0 Å². The van der Waals surface area contributed by atoms with Gasteiger partial charge in [0.25, 0.3) is 0 Å². The van der Waals surface area contributed by atoms with Gasteiger partial charge in [-0.15, -0.1) is 0 Å². The summed E-state index contributed by atoms with van der Waals surface area (Å²) in [5.41, 5.74) is 7.32. The van der Waals surface area contributed by atoms with E-state index in [1.807, 2.05) is 6.07 Å². The Morgan fingerprint density at radius 1 is 1.12 bits per heavy atom. The van der Waals surface area contributed by atoms with E-state index in [-0.39, 0.29) is 0 Å². The fourth-order valence-electron chi connectivity index (χ4n) is 4.71. The number of allylic oxidation sites excluding steroid dienone is 2. The second-order valence-corrected chi connectivity index (χ2v) is 7.72. The van der Waals surface area contributed by atoms with Crippen molar-refractivity contribution >= 4 is 10.9 Å². The van der Waals surface area contributed by atoms with Crippen LogP contribution in [0.15, 0.2) is 29.3 Å². The van der Waals surface area contributed by atoms with Gasteiger partial charge >= 0.3 is 0 Å². The summed E-state index contributed by atoms with van der Waals surface area (Å²) in [6.45, 7) is 8.10. The van der Waals surface area contributed by atoms with Crippen molar-refractivity contribution in [1.82, 2.24) is 10.3 Å². The molecule has 0 radical (unpaired) electrons. The van der Waals surface area contributed by atoms with E-state index < -0.39 is 0 Å². The van der Waals surface area contributed by atoms with Gasteiger partial charge in [0.05, 0.1) is 13.2 Å². The summed E-state index contributed by atoms with van der Waals surface area (Å²) in [4.78, 5) is 3.73. The molecule has 3 nitrogen and oxygen atoms in total. The van der Waals surface area contributed by atoms with E-state index in [1.165, 1.54) is 35.0 Å². The van der Waals surface area contributed by atoms with Crippen LogP contribution >= 0.6 is 0 Å². The van der Waals surface area contributed by atoms with Crippen LogP contribution in [0.25, 0.3) is 10.9 Å². The lowest BCUT2D eigenvalue weighted by molar-refractivity contribution is 0.237. The average Bonchev–Trinajstić information content (AvgIpc) is 2.96. The molecule has 2 aliphatic rings. The number of nitrogens with one attached hydrogen (secondary N) is 2. The molecule has 0 unspecified atom stereocenters. The van der Waals surface area contributed by atoms with E-state index in [2.05, 4.69) is 43.2 Å². The molecule has 0 saturated carbocycles. The van der Waals surface area contributed by atoms with Gasteiger partial charge in [-0.1, -0.05) is 18.1 Å². The molecular weight excluding hydrogens is 296 g/mol. The summed E-state index contributed by atoms with van der Waals surface area (Å²) < 4.78 is 5.43. The van der Waals surface area contributed by atoms with Crippen molar-refractivity contribution in [3.63, 3.8) is 0 Å². The van der Waals surface area contributed by atoms with Crippen molar-refractivity contribution in [2.45, 2.75) is 46.1 Å². The first-order valence-electron chi connectivity index (χ1n) is 9.15. The predicted molar refractivity (Wildman–Crippen MR) is 99.6 cm³/mol. The van der Waals surface area contributed by atoms with Crippen molar-refractivity contribution in [3.8, 4) is 5.75 Å². The largest absolute Gasteiger partial charge is 0.497 e. The number of hydrogen-bond acceptors (Lipinski definition) is 2. The molecule has 4 rings (SSSR count). The molecule has 1 aliphatic carbocycles. The number of hydrogen-bond donors (Lipinski definition) is 2. The van der Waals surface area contributed by atoms with E-state index in [4.69, 9.17) is 4.74 Å². The van der Waals surface area contributed by atoms with Gasteiger partial charge in [-0.2, -0.15) is 0 Å². The van der Waals surface area contributed by atoms with Crippen LogP contribution in [0.3, 0.4) is 0 Å². The molecule has 1 aliphatic heterocycles. The molecule has 0 spiro atoms. The third-order valence-corrected chi connectivity index (χ3v) is 6.25. The fourth-order valence-corrected chi connectivity index (χ4v) is 4.71. The molecule has 0 bridgehead atoms. The van der Waals surface area contributed by atoms with E-state index >= 15 is 0 Å². The second kappa shape index (κ2) is 5.96. The first-order chi connectivity index (χ1) is 11.6. The lowest BCUT2D eigenvalue weighted by Crippen LogP contribution is -2.38. The van der Waals surface area contributed by atoms with Crippen LogP contribution < -0.4 is 10.1 Å². The maximum atomic E-state index is 5.43. The van der Waals surface area contributed by atoms with Crippen LogP contribution in [0.2, 0.25) is 0 Å². The van der Waals surface area contributed by atoms with Crippen molar-refractivity contribution < 1.29 is 4.74 Å². The molecule has 1 aromatic carbocycles.